The first-order valence-corrected chi connectivity index (χ1v) is 5.26. The second kappa shape index (κ2) is 3.72. The van der Waals surface area contributed by atoms with Crippen LogP contribution in [-0.2, 0) is 15.2 Å². The first-order valence-electron chi connectivity index (χ1n) is 4.88. The van der Waals surface area contributed by atoms with Crippen LogP contribution >= 0.6 is 11.6 Å². The monoisotopic (exact) mass is 255 g/mol. The molecule has 1 atom stereocenters. The lowest BCUT2D eigenvalue weighted by atomic mass is 9.92. The molecule has 1 unspecified atom stereocenters. The van der Waals surface area contributed by atoms with E-state index in [1.165, 1.54) is 18.0 Å². The molecule has 5 nitrogen and oxygen atoms in total. The summed E-state index contributed by atoms with van der Waals surface area (Å²) in [6.45, 7) is 0. The number of aliphatic hydroxyl groups is 1. The van der Waals surface area contributed by atoms with Gasteiger partial charge in [-0.1, -0.05) is 11.6 Å². The van der Waals surface area contributed by atoms with Gasteiger partial charge in [0.05, 0.1) is 12.1 Å². The number of hydrogen-bond acceptors (Lipinski definition) is 3. The molecular formula is C11H10ClNO4. The van der Waals surface area contributed by atoms with Crippen molar-refractivity contribution in [2.24, 2.45) is 0 Å². The third-order valence-corrected chi connectivity index (χ3v) is 3.07. The third-order valence-electron chi connectivity index (χ3n) is 2.83. The van der Waals surface area contributed by atoms with E-state index in [1.807, 2.05) is 0 Å². The zero-order chi connectivity index (χ0) is 12.8. The quantitative estimate of drug-likeness (QED) is 0.826. The van der Waals surface area contributed by atoms with E-state index in [9.17, 15) is 14.7 Å². The highest BCUT2D eigenvalue weighted by molar-refractivity contribution is 6.31. The lowest BCUT2D eigenvalue weighted by Crippen LogP contribution is -2.40. The van der Waals surface area contributed by atoms with E-state index >= 15 is 0 Å². The van der Waals surface area contributed by atoms with Crippen molar-refractivity contribution in [3.05, 3.63) is 28.8 Å². The number of carboxylic acids is 1. The molecule has 1 aliphatic rings. The smallest absolute Gasteiger partial charge is 0.307 e. The fourth-order valence-corrected chi connectivity index (χ4v) is 2.20. The first kappa shape index (κ1) is 11.9. The number of carboxylic acid groups (broad SMARTS) is 1. The van der Waals surface area contributed by atoms with Gasteiger partial charge in [0.25, 0.3) is 5.91 Å². The van der Waals surface area contributed by atoms with Gasteiger partial charge in [0.1, 0.15) is 0 Å². The summed E-state index contributed by atoms with van der Waals surface area (Å²) in [5.41, 5.74) is -1.32. The number of amides is 1. The highest BCUT2D eigenvalue weighted by atomic mass is 35.5. The van der Waals surface area contributed by atoms with Crippen LogP contribution in [0.1, 0.15) is 12.0 Å². The van der Waals surface area contributed by atoms with Crippen LogP contribution in [0.4, 0.5) is 5.69 Å². The maximum absolute atomic E-state index is 11.9. The minimum atomic E-state index is -2.03. The summed E-state index contributed by atoms with van der Waals surface area (Å²) in [7, 11) is 1.48. The van der Waals surface area contributed by atoms with Crippen molar-refractivity contribution in [2.45, 2.75) is 12.0 Å². The lowest BCUT2D eigenvalue weighted by Gasteiger charge is -2.19. The fraction of sp³-hybridized carbons (Fsp3) is 0.273. The minimum Gasteiger partial charge on any atom is -0.481 e. The molecule has 1 aromatic rings. The third kappa shape index (κ3) is 1.67. The summed E-state index contributed by atoms with van der Waals surface area (Å²) >= 11 is 5.79. The van der Waals surface area contributed by atoms with Crippen molar-refractivity contribution in [1.29, 1.82) is 0 Å². The Morgan fingerprint density at radius 3 is 2.76 bits per heavy atom. The number of halogens is 1. The van der Waals surface area contributed by atoms with Gasteiger partial charge < -0.3 is 15.1 Å². The van der Waals surface area contributed by atoms with E-state index < -0.39 is 23.9 Å². The van der Waals surface area contributed by atoms with Gasteiger partial charge in [-0.25, -0.2) is 0 Å². The Balaban J connectivity index is 2.60. The van der Waals surface area contributed by atoms with Crippen molar-refractivity contribution in [3.8, 4) is 0 Å². The van der Waals surface area contributed by atoms with Gasteiger partial charge in [0, 0.05) is 17.6 Å². The number of fused-ring (bicyclic) bond motifs is 1. The number of nitrogens with zero attached hydrogens (tertiary/aromatic N) is 1. The molecule has 0 bridgehead atoms. The van der Waals surface area contributed by atoms with Gasteiger partial charge >= 0.3 is 5.97 Å². The lowest BCUT2D eigenvalue weighted by molar-refractivity contribution is -0.150. The molecular weight excluding hydrogens is 246 g/mol. The number of rotatable bonds is 2. The van der Waals surface area contributed by atoms with E-state index in [4.69, 9.17) is 16.7 Å². The van der Waals surface area contributed by atoms with Crippen LogP contribution in [0, 0.1) is 0 Å². The summed E-state index contributed by atoms with van der Waals surface area (Å²) < 4.78 is 0. The largest absolute Gasteiger partial charge is 0.481 e. The summed E-state index contributed by atoms with van der Waals surface area (Å²) in [6, 6.07) is 4.58. The van der Waals surface area contributed by atoms with Crippen LogP contribution in [0.5, 0.6) is 0 Å². The summed E-state index contributed by atoms with van der Waals surface area (Å²) in [4.78, 5) is 23.9. The normalized spacial score (nSPS) is 22.8. The van der Waals surface area contributed by atoms with E-state index in [-0.39, 0.29) is 5.56 Å². The molecule has 0 spiro atoms. The molecule has 0 aliphatic carbocycles. The van der Waals surface area contributed by atoms with Crippen LogP contribution in [-0.4, -0.2) is 29.1 Å². The number of anilines is 1. The standard InChI is InChI=1S/C11H10ClNO4/c1-13-8-3-2-6(12)4-7(8)11(17,10(13)16)5-9(14)15/h2-4,17H,5H2,1H3,(H,14,15). The van der Waals surface area contributed by atoms with Crippen molar-refractivity contribution in [2.75, 3.05) is 11.9 Å². The molecule has 17 heavy (non-hydrogen) atoms. The second-order valence-electron chi connectivity index (χ2n) is 3.96. The maximum atomic E-state index is 11.9. The molecule has 0 aromatic heterocycles. The number of carbonyl (C=O) groups excluding carboxylic acids is 1. The van der Waals surface area contributed by atoms with Gasteiger partial charge in [0.2, 0.25) is 0 Å². The van der Waals surface area contributed by atoms with E-state index in [2.05, 4.69) is 0 Å². The van der Waals surface area contributed by atoms with Gasteiger partial charge in [-0.15, -0.1) is 0 Å². The summed E-state index contributed by atoms with van der Waals surface area (Å²) in [5, 5.41) is 19.4. The Morgan fingerprint density at radius 2 is 2.18 bits per heavy atom. The van der Waals surface area contributed by atoms with Crippen LogP contribution < -0.4 is 4.90 Å². The zero-order valence-corrected chi connectivity index (χ0v) is 9.73. The molecule has 90 valence electrons. The van der Waals surface area contributed by atoms with Gasteiger partial charge in [0.15, 0.2) is 5.60 Å². The predicted octanol–water partition coefficient (Wildman–Crippen LogP) is 0.979. The number of carbonyl (C=O) groups is 2. The van der Waals surface area contributed by atoms with Crippen molar-refractivity contribution >= 4 is 29.2 Å². The average molecular weight is 256 g/mol. The molecule has 1 aliphatic heterocycles. The molecule has 1 aromatic carbocycles. The van der Waals surface area contributed by atoms with Crippen molar-refractivity contribution < 1.29 is 19.8 Å². The second-order valence-corrected chi connectivity index (χ2v) is 4.39. The maximum Gasteiger partial charge on any atom is 0.307 e. The van der Waals surface area contributed by atoms with Crippen LogP contribution in [0.15, 0.2) is 18.2 Å². The molecule has 1 amide bonds. The van der Waals surface area contributed by atoms with Crippen LogP contribution in [0.3, 0.4) is 0 Å². The zero-order valence-electron chi connectivity index (χ0n) is 8.98. The molecule has 0 radical (unpaired) electrons. The Morgan fingerprint density at radius 1 is 1.53 bits per heavy atom. The SMILES string of the molecule is CN1C(=O)C(O)(CC(=O)O)c2cc(Cl)ccc21. The molecule has 2 rings (SSSR count). The number of hydrogen-bond donors (Lipinski definition) is 2. The molecule has 2 N–H and O–H groups in total. The van der Waals surface area contributed by atoms with Crippen molar-refractivity contribution in [3.63, 3.8) is 0 Å². The highest BCUT2D eigenvalue weighted by Gasteiger charge is 2.49. The van der Waals surface area contributed by atoms with E-state index in [1.54, 1.807) is 12.1 Å². The van der Waals surface area contributed by atoms with Crippen LogP contribution in [0.25, 0.3) is 0 Å². The predicted molar refractivity (Wildman–Crippen MR) is 61.0 cm³/mol. The molecule has 0 saturated carbocycles. The number of aliphatic carboxylic acids is 1. The molecule has 0 saturated heterocycles. The summed E-state index contributed by atoms with van der Waals surface area (Å²) in [5.74, 6) is -1.90. The fourth-order valence-electron chi connectivity index (χ4n) is 2.02. The Labute approximate surface area is 102 Å². The minimum absolute atomic E-state index is 0.236. The summed E-state index contributed by atoms with van der Waals surface area (Å²) in [6.07, 6.45) is -0.677. The van der Waals surface area contributed by atoms with E-state index in [0.29, 0.717) is 10.7 Å². The van der Waals surface area contributed by atoms with Crippen molar-refractivity contribution in [1.82, 2.24) is 0 Å². The topological polar surface area (TPSA) is 77.8 Å². The molecule has 0 fully saturated rings. The Bertz CT molecular complexity index is 516. The van der Waals surface area contributed by atoms with Crippen LogP contribution in [0.2, 0.25) is 5.02 Å². The highest BCUT2D eigenvalue weighted by Crippen LogP contribution is 2.42. The Kier molecular flexibility index (Phi) is 2.60. The number of likely N-dealkylation sites (N-methyl/N-ethyl adjacent to an activating group) is 1. The number of benzene rings is 1. The van der Waals surface area contributed by atoms with E-state index in [0.717, 1.165) is 0 Å². The van der Waals surface area contributed by atoms with Gasteiger partial charge in [-0.3, -0.25) is 9.59 Å². The van der Waals surface area contributed by atoms with Gasteiger partial charge in [-0.2, -0.15) is 0 Å². The molecule has 1 heterocycles. The average Bonchev–Trinajstić information content (AvgIpc) is 2.41. The van der Waals surface area contributed by atoms with Gasteiger partial charge in [-0.05, 0) is 18.2 Å². The Hall–Kier alpha value is -1.59. The molecule has 6 heteroatoms. The first-order chi connectivity index (χ1) is 7.86.